The van der Waals surface area contributed by atoms with Crippen LogP contribution >= 0.6 is 22.6 Å². The van der Waals surface area contributed by atoms with Gasteiger partial charge in [0.05, 0.1) is 53.0 Å². The van der Waals surface area contributed by atoms with Crippen molar-refractivity contribution < 1.29 is 28.2 Å². The number of benzene rings is 3. The zero-order valence-corrected chi connectivity index (χ0v) is 26.3. The highest BCUT2D eigenvalue weighted by Gasteiger charge is 2.21. The molecule has 226 valence electrons. The minimum absolute atomic E-state index is 0.115. The fourth-order valence-electron chi connectivity index (χ4n) is 4.94. The molecule has 0 N–H and O–H groups in total. The Morgan fingerprint density at radius 3 is 2.66 bits per heavy atom. The number of nitrogens with zero attached hydrogens (tertiary/aromatic N) is 4. The third-order valence-electron chi connectivity index (χ3n) is 7.07. The fraction of sp³-hybridized carbons (Fsp3) is 0.250. The molecule has 1 saturated heterocycles. The van der Waals surface area contributed by atoms with Crippen molar-refractivity contribution in [3.8, 4) is 28.8 Å². The van der Waals surface area contributed by atoms with Crippen LogP contribution in [0.3, 0.4) is 0 Å². The molecule has 0 saturated carbocycles. The first-order chi connectivity index (χ1) is 21.5. The summed E-state index contributed by atoms with van der Waals surface area (Å²) in [7, 11) is 1.59. The van der Waals surface area contributed by atoms with Crippen LogP contribution in [0.5, 0.6) is 17.2 Å². The molecule has 1 fully saturated rings. The number of ether oxygens (including phenoxy) is 4. The summed E-state index contributed by atoms with van der Waals surface area (Å²) >= 11 is 2.14. The van der Waals surface area contributed by atoms with E-state index in [9.17, 15) is 9.59 Å². The summed E-state index contributed by atoms with van der Waals surface area (Å²) in [6.45, 7) is 4.25. The van der Waals surface area contributed by atoms with Gasteiger partial charge in [-0.1, -0.05) is 18.2 Å². The van der Waals surface area contributed by atoms with E-state index in [2.05, 4.69) is 27.7 Å². The van der Waals surface area contributed by atoms with E-state index in [1.54, 1.807) is 48.6 Å². The normalized spacial score (nSPS) is 13.6. The van der Waals surface area contributed by atoms with Crippen LogP contribution in [0.25, 0.3) is 33.5 Å². The topological polar surface area (TPSA) is 118 Å². The zero-order chi connectivity index (χ0) is 30.6. The largest absolute Gasteiger partial charge is 0.496 e. The number of amides is 1. The summed E-state index contributed by atoms with van der Waals surface area (Å²) in [4.78, 5) is 32.9. The number of para-hydroxylation sites is 1. The van der Waals surface area contributed by atoms with E-state index < -0.39 is 0 Å². The molecule has 1 amide bonds. The molecular formula is C32H29IN4O7. The first-order valence-electron chi connectivity index (χ1n) is 14.0. The zero-order valence-electron chi connectivity index (χ0n) is 24.1. The summed E-state index contributed by atoms with van der Waals surface area (Å²) in [5.41, 5.74) is 1.42. The molecule has 11 nitrogen and oxygen atoms in total. The van der Waals surface area contributed by atoms with Gasteiger partial charge >= 0.3 is 0 Å². The molecule has 3 aromatic carbocycles. The number of hydrogen-bond acceptors (Lipinski definition) is 9. The van der Waals surface area contributed by atoms with Crippen molar-refractivity contribution in [3.63, 3.8) is 0 Å². The highest BCUT2D eigenvalue weighted by atomic mass is 127. The second-order valence-electron chi connectivity index (χ2n) is 9.84. The summed E-state index contributed by atoms with van der Waals surface area (Å²) in [6.07, 6.45) is 1.55. The lowest BCUT2D eigenvalue weighted by Crippen LogP contribution is -2.43. The Morgan fingerprint density at radius 2 is 1.86 bits per heavy atom. The van der Waals surface area contributed by atoms with E-state index in [1.165, 1.54) is 4.68 Å². The van der Waals surface area contributed by atoms with Crippen LogP contribution < -0.4 is 19.8 Å². The second kappa shape index (κ2) is 13.1. The predicted octanol–water partition coefficient (Wildman–Crippen LogP) is 4.94. The van der Waals surface area contributed by atoms with Gasteiger partial charge in [0.25, 0.3) is 11.5 Å². The quantitative estimate of drug-likeness (QED) is 0.156. The molecule has 2 aromatic heterocycles. The van der Waals surface area contributed by atoms with Crippen LogP contribution in [-0.4, -0.2) is 73.3 Å². The second-order valence-corrected chi connectivity index (χ2v) is 11.0. The molecule has 0 bridgehead atoms. The van der Waals surface area contributed by atoms with Gasteiger partial charge in [-0.2, -0.15) is 9.78 Å². The van der Waals surface area contributed by atoms with Crippen LogP contribution in [0.1, 0.15) is 12.5 Å². The summed E-state index contributed by atoms with van der Waals surface area (Å²) < 4.78 is 30.7. The molecular weight excluding hydrogens is 679 g/mol. The molecule has 0 radical (unpaired) electrons. The molecule has 3 heterocycles. The number of aromatic nitrogens is 2. The standard InChI is InChI=1S/C32H29IN4O7/c1-3-42-27-16-20(15-23(33)30(27)43-19-29(38)36-11-13-41-14-12-36)18-34-37-31(35-24-8-5-4-7-21(24)32(37)39)28-17-22-25(40-2)9-6-10-26(22)44-28/h4-10,15-18H,3,11-14,19H2,1-2H3. The number of morpholine rings is 1. The van der Waals surface area contributed by atoms with Crippen LogP contribution in [0, 0.1) is 3.57 Å². The van der Waals surface area contributed by atoms with Gasteiger partial charge in [0.1, 0.15) is 11.3 Å². The number of hydrogen-bond donors (Lipinski definition) is 0. The summed E-state index contributed by atoms with van der Waals surface area (Å²) in [5, 5.41) is 5.74. The van der Waals surface area contributed by atoms with Crippen LogP contribution in [0.2, 0.25) is 0 Å². The molecule has 44 heavy (non-hydrogen) atoms. The first kappa shape index (κ1) is 29.6. The molecule has 0 atom stereocenters. The Labute approximate surface area is 266 Å². The van der Waals surface area contributed by atoms with Gasteiger partial charge in [0.15, 0.2) is 23.9 Å². The highest BCUT2D eigenvalue weighted by molar-refractivity contribution is 14.1. The maximum Gasteiger partial charge on any atom is 0.282 e. The monoisotopic (exact) mass is 708 g/mol. The van der Waals surface area contributed by atoms with E-state index in [4.69, 9.17) is 28.3 Å². The van der Waals surface area contributed by atoms with Gasteiger partial charge in [-0.15, -0.1) is 0 Å². The average molecular weight is 709 g/mol. The van der Waals surface area contributed by atoms with Crippen molar-refractivity contribution in [1.29, 1.82) is 0 Å². The highest BCUT2D eigenvalue weighted by Crippen LogP contribution is 2.35. The molecule has 0 aliphatic carbocycles. The van der Waals surface area contributed by atoms with Gasteiger partial charge in [-0.05, 0) is 77.5 Å². The number of rotatable bonds is 9. The molecule has 1 aliphatic rings. The van der Waals surface area contributed by atoms with E-state index in [1.807, 2.05) is 37.3 Å². The number of carbonyl (C=O) groups excluding carboxylic acids is 1. The Bertz CT molecular complexity index is 1930. The number of halogens is 1. The minimum Gasteiger partial charge on any atom is -0.496 e. The number of furan rings is 1. The van der Waals surface area contributed by atoms with Gasteiger partial charge in [-0.25, -0.2) is 4.98 Å². The lowest BCUT2D eigenvalue weighted by molar-refractivity contribution is -0.137. The van der Waals surface area contributed by atoms with Crippen molar-refractivity contribution >= 4 is 56.6 Å². The van der Waals surface area contributed by atoms with Gasteiger partial charge in [0, 0.05) is 13.1 Å². The maximum absolute atomic E-state index is 13.7. The Morgan fingerprint density at radius 1 is 1.05 bits per heavy atom. The van der Waals surface area contributed by atoms with Crippen LogP contribution in [0.4, 0.5) is 0 Å². The number of fused-ring (bicyclic) bond motifs is 2. The predicted molar refractivity (Wildman–Crippen MR) is 174 cm³/mol. The van der Waals surface area contributed by atoms with Crippen LogP contribution in [-0.2, 0) is 9.53 Å². The third-order valence-corrected chi connectivity index (χ3v) is 7.87. The molecule has 0 unspecified atom stereocenters. The lowest BCUT2D eigenvalue weighted by atomic mass is 10.2. The summed E-state index contributed by atoms with van der Waals surface area (Å²) in [6, 6.07) is 18.0. The molecule has 5 aromatic rings. The molecule has 6 rings (SSSR count). The molecule has 12 heteroatoms. The fourth-order valence-corrected chi connectivity index (χ4v) is 5.72. The van der Waals surface area contributed by atoms with E-state index in [0.717, 1.165) is 8.96 Å². The average Bonchev–Trinajstić information content (AvgIpc) is 3.49. The lowest BCUT2D eigenvalue weighted by Gasteiger charge is -2.27. The summed E-state index contributed by atoms with van der Waals surface area (Å²) in [5.74, 6) is 2.06. The van der Waals surface area contributed by atoms with E-state index in [-0.39, 0.29) is 23.9 Å². The Hall–Kier alpha value is -4.43. The number of methoxy groups -OCH3 is 1. The molecule has 0 spiro atoms. The van der Waals surface area contributed by atoms with Crippen molar-refractivity contribution in [1.82, 2.24) is 14.6 Å². The van der Waals surface area contributed by atoms with Crippen molar-refractivity contribution in [2.75, 3.05) is 46.6 Å². The molecule has 1 aliphatic heterocycles. The smallest absolute Gasteiger partial charge is 0.282 e. The SMILES string of the molecule is CCOc1cc(C=Nn2c(-c3cc4c(OC)cccc4o3)nc3ccccc3c2=O)cc(I)c1OCC(=O)N1CCOCC1. The Kier molecular flexibility index (Phi) is 8.79. The minimum atomic E-state index is -0.351. The van der Waals surface area contributed by atoms with Crippen molar-refractivity contribution in [2.24, 2.45) is 5.10 Å². The van der Waals surface area contributed by atoms with Gasteiger partial charge in [0.2, 0.25) is 5.82 Å². The number of carbonyl (C=O) groups is 1. The van der Waals surface area contributed by atoms with Crippen molar-refractivity contribution in [3.05, 3.63) is 80.2 Å². The third kappa shape index (κ3) is 5.99. The van der Waals surface area contributed by atoms with Crippen LogP contribution in [0.15, 0.2) is 75.0 Å². The Balaban J connectivity index is 1.37. The van der Waals surface area contributed by atoms with Gasteiger partial charge < -0.3 is 28.3 Å². The maximum atomic E-state index is 13.7. The van der Waals surface area contributed by atoms with E-state index >= 15 is 0 Å². The first-order valence-corrected chi connectivity index (χ1v) is 15.1. The van der Waals surface area contributed by atoms with Crippen molar-refractivity contribution in [2.45, 2.75) is 6.92 Å². The van der Waals surface area contributed by atoms with Gasteiger partial charge in [-0.3, -0.25) is 9.59 Å². The van der Waals surface area contributed by atoms with E-state index in [0.29, 0.717) is 78.0 Å².